The fraction of sp³-hybridized carbons (Fsp3) is 0.360. The number of carbonyl (C=O) groups is 1. The zero-order valence-electron chi connectivity index (χ0n) is 19.3. The molecule has 5 rings (SSSR count). The topological polar surface area (TPSA) is 107 Å². The van der Waals surface area contributed by atoms with Crippen LogP contribution in [-0.2, 0) is 11.3 Å². The first-order valence-corrected chi connectivity index (χ1v) is 11.6. The molecule has 1 aromatic carbocycles. The van der Waals surface area contributed by atoms with E-state index in [9.17, 15) is 4.79 Å². The number of ether oxygens (including phenoxy) is 1. The van der Waals surface area contributed by atoms with Gasteiger partial charge in [-0.25, -0.2) is 14.6 Å². The molecule has 4 heterocycles. The average molecular weight is 461 g/mol. The second-order valence-corrected chi connectivity index (χ2v) is 8.42. The first-order valence-electron chi connectivity index (χ1n) is 11.6. The van der Waals surface area contributed by atoms with Crippen LogP contribution in [0.25, 0.3) is 22.5 Å². The number of fused-ring (bicyclic) bond motifs is 1. The number of aryl methyl sites for hydroxylation is 1. The summed E-state index contributed by atoms with van der Waals surface area (Å²) in [6, 6.07) is 9.90. The van der Waals surface area contributed by atoms with Gasteiger partial charge < -0.3 is 19.8 Å². The smallest absolute Gasteiger partial charge is 0.273 e. The van der Waals surface area contributed by atoms with Crippen LogP contribution in [0.1, 0.15) is 48.8 Å². The standard InChI is InChI=1S/C25H28N6O3/c1-3-31-23-19(14-27-31)22(29-18-9-11-33-12-10-18)20(13-26-23)25-30-21(15-34-25)24(32)28-16(2)17-7-5-4-6-8-17/h4-8,13-16,18H,3,9-12H2,1-2H3,(H,26,29)(H,28,32). The van der Waals surface area contributed by atoms with Gasteiger partial charge in [0.25, 0.3) is 5.91 Å². The predicted molar refractivity (Wildman–Crippen MR) is 128 cm³/mol. The number of rotatable bonds is 7. The van der Waals surface area contributed by atoms with Crippen molar-refractivity contribution in [3.63, 3.8) is 0 Å². The van der Waals surface area contributed by atoms with Crippen LogP contribution in [-0.4, -0.2) is 44.9 Å². The van der Waals surface area contributed by atoms with Crippen LogP contribution in [0, 0.1) is 0 Å². The van der Waals surface area contributed by atoms with Crippen molar-refractivity contribution in [2.45, 2.75) is 45.3 Å². The minimum atomic E-state index is -0.293. The van der Waals surface area contributed by atoms with Crippen molar-refractivity contribution in [2.75, 3.05) is 18.5 Å². The van der Waals surface area contributed by atoms with Crippen molar-refractivity contribution >= 4 is 22.6 Å². The third kappa shape index (κ3) is 4.38. The molecular formula is C25H28N6O3. The highest BCUT2D eigenvalue weighted by atomic mass is 16.5. The maximum Gasteiger partial charge on any atom is 0.273 e. The first kappa shape index (κ1) is 22.1. The lowest BCUT2D eigenvalue weighted by Gasteiger charge is -2.25. The van der Waals surface area contributed by atoms with Gasteiger partial charge in [0.2, 0.25) is 5.89 Å². The summed E-state index contributed by atoms with van der Waals surface area (Å²) in [5.41, 5.74) is 3.60. The third-order valence-electron chi connectivity index (χ3n) is 6.15. The maximum absolute atomic E-state index is 12.8. The second-order valence-electron chi connectivity index (χ2n) is 8.42. The molecule has 3 aromatic heterocycles. The van der Waals surface area contributed by atoms with E-state index in [1.54, 1.807) is 6.20 Å². The molecule has 1 aliphatic heterocycles. The van der Waals surface area contributed by atoms with Crippen LogP contribution in [0.15, 0.2) is 53.4 Å². The van der Waals surface area contributed by atoms with E-state index in [0.29, 0.717) is 11.5 Å². The molecule has 176 valence electrons. The lowest BCUT2D eigenvalue weighted by Crippen LogP contribution is -2.28. The van der Waals surface area contributed by atoms with Gasteiger partial charge >= 0.3 is 0 Å². The van der Waals surface area contributed by atoms with Crippen molar-refractivity contribution in [1.82, 2.24) is 25.1 Å². The van der Waals surface area contributed by atoms with Gasteiger partial charge in [-0.05, 0) is 32.3 Å². The largest absolute Gasteiger partial charge is 0.443 e. The van der Waals surface area contributed by atoms with Crippen molar-refractivity contribution in [3.05, 3.63) is 60.2 Å². The van der Waals surface area contributed by atoms with Crippen molar-refractivity contribution < 1.29 is 13.9 Å². The van der Waals surface area contributed by atoms with Crippen LogP contribution >= 0.6 is 0 Å². The fourth-order valence-corrected chi connectivity index (χ4v) is 4.22. The molecule has 4 aromatic rings. The van der Waals surface area contributed by atoms with Gasteiger partial charge in [0.1, 0.15) is 6.26 Å². The van der Waals surface area contributed by atoms with Gasteiger partial charge in [0, 0.05) is 32.0 Å². The predicted octanol–water partition coefficient (Wildman–Crippen LogP) is 4.19. The molecule has 1 aliphatic rings. The van der Waals surface area contributed by atoms with Crippen LogP contribution in [0.5, 0.6) is 0 Å². The van der Waals surface area contributed by atoms with E-state index in [4.69, 9.17) is 9.15 Å². The van der Waals surface area contributed by atoms with E-state index in [2.05, 4.69) is 25.7 Å². The van der Waals surface area contributed by atoms with E-state index in [0.717, 1.165) is 54.9 Å². The normalized spacial score (nSPS) is 15.4. The van der Waals surface area contributed by atoms with Gasteiger partial charge in [0.05, 0.1) is 28.9 Å². The first-order chi connectivity index (χ1) is 16.6. The van der Waals surface area contributed by atoms with Gasteiger partial charge in [-0.3, -0.25) is 4.79 Å². The Hall–Kier alpha value is -3.72. The minimum Gasteiger partial charge on any atom is -0.443 e. The molecule has 0 radical (unpaired) electrons. The average Bonchev–Trinajstić information content (AvgIpc) is 3.53. The number of carbonyl (C=O) groups excluding carboxylic acids is 1. The number of hydrogen-bond donors (Lipinski definition) is 2. The summed E-state index contributed by atoms with van der Waals surface area (Å²) < 4.78 is 13.1. The molecule has 1 fully saturated rings. The van der Waals surface area contributed by atoms with Crippen LogP contribution in [0.2, 0.25) is 0 Å². The molecular weight excluding hydrogens is 432 g/mol. The molecule has 9 nitrogen and oxygen atoms in total. The summed E-state index contributed by atoms with van der Waals surface area (Å²) in [5, 5.41) is 12.0. The number of anilines is 1. The summed E-state index contributed by atoms with van der Waals surface area (Å²) in [6.45, 7) is 6.13. The maximum atomic E-state index is 12.8. The van der Waals surface area contributed by atoms with Crippen molar-refractivity contribution in [1.29, 1.82) is 0 Å². The second kappa shape index (κ2) is 9.64. The van der Waals surface area contributed by atoms with E-state index in [1.165, 1.54) is 6.26 Å². The van der Waals surface area contributed by atoms with E-state index in [1.807, 2.05) is 55.1 Å². The Morgan fingerprint density at radius 2 is 2.00 bits per heavy atom. The summed E-state index contributed by atoms with van der Waals surface area (Å²) in [7, 11) is 0. The molecule has 1 amide bonds. The number of nitrogens with zero attached hydrogens (tertiary/aromatic N) is 4. The molecule has 1 atom stereocenters. The van der Waals surface area contributed by atoms with E-state index >= 15 is 0 Å². The summed E-state index contributed by atoms with van der Waals surface area (Å²) in [5.74, 6) is 0.0452. The number of benzene rings is 1. The van der Waals surface area contributed by atoms with Crippen molar-refractivity contribution in [3.8, 4) is 11.5 Å². The van der Waals surface area contributed by atoms with E-state index in [-0.39, 0.29) is 23.7 Å². The molecule has 1 saturated heterocycles. The molecule has 9 heteroatoms. The Labute approximate surface area is 197 Å². The monoisotopic (exact) mass is 460 g/mol. The van der Waals surface area contributed by atoms with Crippen LogP contribution in [0.3, 0.4) is 0 Å². The molecule has 2 N–H and O–H groups in total. The number of aromatic nitrogens is 4. The van der Waals surface area contributed by atoms with Gasteiger partial charge in [-0.15, -0.1) is 0 Å². The lowest BCUT2D eigenvalue weighted by molar-refractivity contribution is 0.0904. The number of oxazole rings is 1. The SMILES string of the molecule is CCn1ncc2c(NC3CCOCC3)c(-c3nc(C(=O)NC(C)c4ccccc4)co3)cnc21. The minimum absolute atomic E-state index is 0.155. The highest BCUT2D eigenvalue weighted by Gasteiger charge is 2.23. The zero-order valence-corrected chi connectivity index (χ0v) is 19.3. The third-order valence-corrected chi connectivity index (χ3v) is 6.15. The number of nitrogens with one attached hydrogen (secondary N) is 2. The molecule has 0 aliphatic carbocycles. The molecule has 0 saturated carbocycles. The molecule has 0 spiro atoms. The Bertz CT molecular complexity index is 1280. The van der Waals surface area contributed by atoms with Gasteiger partial charge in [-0.1, -0.05) is 30.3 Å². The highest BCUT2D eigenvalue weighted by molar-refractivity contribution is 5.97. The Morgan fingerprint density at radius 3 is 2.76 bits per heavy atom. The lowest BCUT2D eigenvalue weighted by atomic mass is 10.1. The summed E-state index contributed by atoms with van der Waals surface area (Å²) in [6.07, 6.45) is 6.75. The van der Waals surface area contributed by atoms with Gasteiger partial charge in [0.15, 0.2) is 11.3 Å². The van der Waals surface area contributed by atoms with E-state index < -0.39 is 0 Å². The summed E-state index contributed by atoms with van der Waals surface area (Å²) >= 11 is 0. The Balaban J connectivity index is 1.44. The van der Waals surface area contributed by atoms with Crippen molar-refractivity contribution in [2.24, 2.45) is 0 Å². The number of hydrogen-bond acceptors (Lipinski definition) is 7. The van der Waals surface area contributed by atoms with Crippen LogP contribution in [0.4, 0.5) is 5.69 Å². The zero-order chi connectivity index (χ0) is 23.5. The summed E-state index contributed by atoms with van der Waals surface area (Å²) in [4.78, 5) is 22.0. The number of amides is 1. The highest BCUT2D eigenvalue weighted by Crippen LogP contribution is 2.34. The molecule has 34 heavy (non-hydrogen) atoms. The fourth-order valence-electron chi connectivity index (χ4n) is 4.22. The van der Waals surface area contributed by atoms with Gasteiger partial charge in [-0.2, -0.15) is 5.10 Å². The number of pyridine rings is 1. The quantitative estimate of drug-likeness (QED) is 0.426. The van der Waals surface area contributed by atoms with Crippen LogP contribution < -0.4 is 10.6 Å². The Morgan fingerprint density at radius 1 is 1.21 bits per heavy atom. The molecule has 1 unspecified atom stereocenters. The molecule has 0 bridgehead atoms. The Kier molecular flexibility index (Phi) is 6.27.